The Morgan fingerprint density at radius 2 is 1.83 bits per heavy atom. The van der Waals surface area contributed by atoms with Crippen LogP contribution in [0.25, 0.3) is 0 Å². The number of rotatable bonds is 4. The lowest BCUT2D eigenvalue weighted by Gasteiger charge is -2.37. The van der Waals surface area contributed by atoms with Gasteiger partial charge in [0.05, 0.1) is 16.9 Å². The highest BCUT2D eigenvalue weighted by Gasteiger charge is 2.22. The lowest BCUT2D eigenvalue weighted by atomic mass is 10.2. The molecule has 0 aromatic heterocycles. The number of piperazine rings is 1. The SMILES string of the molecule is CCC(=O)N1CCN(c2ccc(Cl)cc2NC(=S)NC(=O)c2ccccc2Br)CC1. The van der Waals surface area contributed by atoms with E-state index in [9.17, 15) is 9.59 Å². The standard InChI is InChI=1S/C21H22BrClN4O2S/c1-2-19(28)27-11-9-26(10-12-27)18-8-7-14(23)13-17(18)24-21(30)25-20(29)15-5-3-4-6-16(15)22/h3-8,13H,2,9-12H2,1H3,(H2,24,25,29,30). The molecule has 1 fully saturated rings. The van der Waals surface area contributed by atoms with E-state index in [4.69, 9.17) is 23.8 Å². The van der Waals surface area contributed by atoms with Crippen LogP contribution in [0.5, 0.6) is 0 Å². The minimum Gasteiger partial charge on any atom is -0.366 e. The average Bonchev–Trinajstić information content (AvgIpc) is 2.73. The van der Waals surface area contributed by atoms with E-state index in [2.05, 4.69) is 31.5 Å². The minimum atomic E-state index is -0.310. The van der Waals surface area contributed by atoms with Crippen molar-refractivity contribution in [2.24, 2.45) is 0 Å². The number of benzene rings is 2. The zero-order valence-electron chi connectivity index (χ0n) is 16.5. The molecule has 0 spiro atoms. The van der Waals surface area contributed by atoms with Crippen molar-refractivity contribution in [1.29, 1.82) is 0 Å². The maximum Gasteiger partial charge on any atom is 0.258 e. The van der Waals surface area contributed by atoms with E-state index >= 15 is 0 Å². The van der Waals surface area contributed by atoms with Gasteiger partial charge in [-0.25, -0.2) is 0 Å². The number of carbonyl (C=O) groups is 2. The zero-order valence-corrected chi connectivity index (χ0v) is 19.6. The number of thiocarbonyl (C=S) groups is 1. The van der Waals surface area contributed by atoms with Crippen LogP contribution in [0.3, 0.4) is 0 Å². The van der Waals surface area contributed by atoms with Crippen molar-refractivity contribution < 1.29 is 9.59 Å². The van der Waals surface area contributed by atoms with Crippen molar-refractivity contribution in [2.75, 3.05) is 36.4 Å². The van der Waals surface area contributed by atoms with Gasteiger partial charge in [0.1, 0.15) is 0 Å². The monoisotopic (exact) mass is 508 g/mol. The minimum absolute atomic E-state index is 0.167. The molecule has 158 valence electrons. The summed E-state index contributed by atoms with van der Waals surface area (Å²) >= 11 is 14.9. The molecule has 6 nitrogen and oxygen atoms in total. The van der Waals surface area contributed by atoms with E-state index in [0.29, 0.717) is 53.3 Å². The first kappa shape index (κ1) is 22.5. The Labute approximate surface area is 194 Å². The average molecular weight is 510 g/mol. The number of carbonyl (C=O) groups excluding carboxylic acids is 2. The lowest BCUT2D eigenvalue weighted by molar-refractivity contribution is -0.131. The van der Waals surface area contributed by atoms with Crippen LogP contribution >= 0.6 is 39.7 Å². The summed E-state index contributed by atoms with van der Waals surface area (Å²) in [6, 6.07) is 12.6. The molecule has 0 atom stereocenters. The van der Waals surface area contributed by atoms with Gasteiger partial charge < -0.3 is 15.1 Å². The number of hydrogen-bond donors (Lipinski definition) is 2. The summed E-state index contributed by atoms with van der Waals surface area (Å²) in [5.74, 6) is -0.143. The van der Waals surface area contributed by atoms with Crippen LogP contribution in [0.15, 0.2) is 46.9 Å². The first-order valence-corrected chi connectivity index (χ1v) is 11.2. The van der Waals surface area contributed by atoms with E-state index < -0.39 is 0 Å². The second kappa shape index (κ2) is 10.2. The molecule has 30 heavy (non-hydrogen) atoms. The molecule has 0 bridgehead atoms. The largest absolute Gasteiger partial charge is 0.366 e. The molecular weight excluding hydrogens is 488 g/mol. The fraction of sp³-hybridized carbons (Fsp3) is 0.286. The van der Waals surface area contributed by atoms with Crippen LogP contribution in [0, 0.1) is 0 Å². The quantitative estimate of drug-likeness (QED) is 0.602. The van der Waals surface area contributed by atoms with Crippen LogP contribution in [0.4, 0.5) is 11.4 Å². The van der Waals surface area contributed by atoms with Crippen molar-refractivity contribution in [3.8, 4) is 0 Å². The van der Waals surface area contributed by atoms with Crippen LogP contribution < -0.4 is 15.5 Å². The van der Waals surface area contributed by atoms with Crippen LogP contribution in [0.2, 0.25) is 5.02 Å². The van der Waals surface area contributed by atoms with E-state index in [1.165, 1.54) is 0 Å². The van der Waals surface area contributed by atoms with E-state index in [-0.39, 0.29) is 16.9 Å². The summed E-state index contributed by atoms with van der Waals surface area (Å²) in [5.41, 5.74) is 2.11. The van der Waals surface area contributed by atoms with Gasteiger partial charge in [-0.2, -0.15) is 0 Å². The first-order chi connectivity index (χ1) is 14.4. The molecule has 1 saturated heterocycles. The molecule has 1 aliphatic rings. The smallest absolute Gasteiger partial charge is 0.258 e. The molecule has 9 heteroatoms. The third kappa shape index (κ3) is 5.50. The fourth-order valence-corrected chi connectivity index (χ4v) is 4.11. The van der Waals surface area contributed by atoms with Crippen molar-refractivity contribution in [3.05, 3.63) is 57.5 Å². The molecule has 2 aromatic rings. The number of nitrogens with zero attached hydrogens (tertiary/aromatic N) is 2. The van der Waals surface area contributed by atoms with Crippen molar-refractivity contribution in [2.45, 2.75) is 13.3 Å². The topological polar surface area (TPSA) is 64.7 Å². The predicted molar refractivity (Wildman–Crippen MR) is 128 cm³/mol. The molecule has 0 unspecified atom stereocenters. The Balaban J connectivity index is 1.70. The summed E-state index contributed by atoms with van der Waals surface area (Å²) < 4.78 is 0.688. The van der Waals surface area contributed by atoms with Gasteiger partial charge in [-0.1, -0.05) is 30.7 Å². The van der Waals surface area contributed by atoms with E-state index in [0.717, 1.165) is 5.69 Å². The Kier molecular flexibility index (Phi) is 7.69. The predicted octanol–water partition coefficient (Wildman–Crippen LogP) is 4.29. The van der Waals surface area contributed by atoms with Crippen LogP contribution in [-0.2, 0) is 4.79 Å². The van der Waals surface area contributed by atoms with Gasteiger partial charge >= 0.3 is 0 Å². The molecule has 2 amide bonds. The number of anilines is 2. The molecule has 0 saturated carbocycles. The van der Waals surface area contributed by atoms with Crippen molar-refractivity contribution in [1.82, 2.24) is 10.2 Å². The molecule has 2 aromatic carbocycles. The third-order valence-electron chi connectivity index (χ3n) is 4.83. The molecule has 1 heterocycles. The second-order valence-electron chi connectivity index (χ2n) is 6.77. The maximum atomic E-state index is 12.5. The van der Waals surface area contributed by atoms with Crippen molar-refractivity contribution in [3.63, 3.8) is 0 Å². The number of amides is 2. The van der Waals surface area contributed by atoms with Crippen LogP contribution in [-0.4, -0.2) is 48.0 Å². The van der Waals surface area contributed by atoms with Gasteiger partial charge in [0.25, 0.3) is 5.91 Å². The highest BCUT2D eigenvalue weighted by molar-refractivity contribution is 9.10. The highest BCUT2D eigenvalue weighted by Crippen LogP contribution is 2.30. The summed E-state index contributed by atoms with van der Waals surface area (Å²) in [5, 5.41) is 6.53. The van der Waals surface area contributed by atoms with E-state index in [1.807, 2.05) is 30.0 Å². The normalized spacial score (nSPS) is 13.7. The maximum absolute atomic E-state index is 12.5. The van der Waals surface area contributed by atoms with Gasteiger partial charge in [0, 0.05) is 42.1 Å². The summed E-state index contributed by atoms with van der Waals surface area (Å²) in [4.78, 5) is 28.5. The molecule has 2 N–H and O–H groups in total. The van der Waals surface area contributed by atoms with Gasteiger partial charge in [-0.15, -0.1) is 0 Å². The molecule has 1 aliphatic heterocycles. The van der Waals surface area contributed by atoms with Crippen molar-refractivity contribution >= 4 is 68.1 Å². The van der Waals surface area contributed by atoms with Crippen LogP contribution in [0.1, 0.15) is 23.7 Å². The summed E-state index contributed by atoms with van der Waals surface area (Å²) in [6.45, 7) is 4.62. The molecular formula is C21H22BrClN4O2S. The number of nitrogens with one attached hydrogen (secondary N) is 2. The van der Waals surface area contributed by atoms with Gasteiger partial charge in [-0.05, 0) is 58.5 Å². The number of halogens is 2. The number of hydrogen-bond acceptors (Lipinski definition) is 4. The third-order valence-corrected chi connectivity index (χ3v) is 5.96. The Hall–Kier alpha value is -2.16. The Morgan fingerprint density at radius 3 is 2.50 bits per heavy atom. The molecule has 3 rings (SSSR count). The molecule has 0 radical (unpaired) electrons. The zero-order chi connectivity index (χ0) is 21.7. The summed E-state index contributed by atoms with van der Waals surface area (Å²) in [6.07, 6.45) is 0.513. The Morgan fingerprint density at radius 1 is 1.13 bits per heavy atom. The Bertz CT molecular complexity index is 964. The summed E-state index contributed by atoms with van der Waals surface area (Å²) in [7, 11) is 0. The van der Waals surface area contributed by atoms with Gasteiger partial charge in [0.15, 0.2) is 5.11 Å². The van der Waals surface area contributed by atoms with Gasteiger partial charge in [-0.3, -0.25) is 14.9 Å². The second-order valence-corrected chi connectivity index (χ2v) is 8.47. The first-order valence-electron chi connectivity index (χ1n) is 9.58. The van der Waals surface area contributed by atoms with E-state index in [1.54, 1.807) is 24.3 Å². The lowest BCUT2D eigenvalue weighted by Crippen LogP contribution is -2.48. The highest BCUT2D eigenvalue weighted by atomic mass is 79.9. The fourth-order valence-electron chi connectivity index (χ4n) is 3.27. The molecule has 0 aliphatic carbocycles. The van der Waals surface area contributed by atoms with Gasteiger partial charge in [0.2, 0.25) is 5.91 Å².